The minimum atomic E-state index is -0.560. The number of aliphatic imine (C=N–C) groups is 1. The van der Waals surface area contributed by atoms with Crippen molar-refractivity contribution in [2.24, 2.45) is 10.7 Å². The van der Waals surface area contributed by atoms with E-state index in [0.717, 1.165) is 11.3 Å². The average Bonchev–Trinajstić information content (AvgIpc) is 2.43. The standard InChI is InChI=1S/C13H17ClN2O2S/c1-18-13(17)12(15)9-19-7-6-16-8-10-2-4-11(14)5-3-10/h2-5,8,12H,6-7,9,15H2,1H3/t12-/m0/s1. The molecule has 0 amide bonds. The highest BCUT2D eigenvalue weighted by atomic mass is 35.5. The number of nitrogens with zero attached hydrogens (tertiary/aromatic N) is 1. The first-order valence-electron chi connectivity index (χ1n) is 5.80. The van der Waals surface area contributed by atoms with Gasteiger partial charge in [0.2, 0.25) is 0 Å². The second kappa shape index (κ2) is 8.96. The lowest BCUT2D eigenvalue weighted by Crippen LogP contribution is -2.34. The first-order valence-corrected chi connectivity index (χ1v) is 7.33. The highest BCUT2D eigenvalue weighted by molar-refractivity contribution is 7.99. The second-order valence-electron chi connectivity index (χ2n) is 3.79. The van der Waals surface area contributed by atoms with E-state index in [1.807, 2.05) is 24.3 Å². The van der Waals surface area contributed by atoms with E-state index in [1.54, 1.807) is 18.0 Å². The third kappa shape index (κ3) is 6.61. The Balaban J connectivity index is 2.17. The van der Waals surface area contributed by atoms with Crippen molar-refractivity contribution in [3.63, 3.8) is 0 Å². The van der Waals surface area contributed by atoms with Crippen LogP contribution < -0.4 is 5.73 Å². The fourth-order valence-electron chi connectivity index (χ4n) is 1.27. The average molecular weight is 301 g/mol. The van der Waals surface area contributed by atoms with Crippen LogP contribution in [0.1, 0.15) is 5.56 Å². The molecule has 0 unspecified atom stereocenters. The molecule has 1 aromatic carbocycles. The molecule has 0 aromatic heterocycles. The molecular formula is C13H17ClN2O2S. The molecule has 6 heteroatoms. The first kappa shape index (κ1) is 16.0. The molecule has 0 radical (unpaired) electrons. The largest absolute Gasteiger partial charge is 0.468 e. The van der Waals surface area contributed by atoms with Crippen LogP contribution in [0.3, 0.4) is 0 Å². The number of carbonyl (C=O) groups excluding carboxylic acids is 1. The van der Waals surface area contributed by atoms with Gasteiger partial charge >= 0.3 is 5.97 Å². The highest BCUT2D eigenvalue weighted by Gasteiger charge is 2.12. The van der Waals surface area contributed by atoms with E-state index in [2.05, 4.69) is 9.73 Å². The van der Waals surface area contributed by atoms with Gasteiger partial charge in [-0.25, -0.2) is 0 Å². The number of rotatable bonds is 7. The van der Waals surface area contributed by atoms with Crippen LogP contribution in [0.5, 0.6) is 0 Å². The summed E-state index contributed by atoms with van der Waals surface area (Å²) in [7, 11) is 1.34. The molecule has 0 fully saturated rings. The van der Waals surface area contributed by atoms with Crippen molar-refractivity contribution in [1.82, 2.24) is 0 Å². The normalized spacial score (nSPS) is 12.6. The fourth-order valence-corrected chi connectivity index (χ4v) is 2.18. The summed E-state index contributed by atoms with van der Waals surface area (Å²) in [6, 6.07) is 6.91. The molecule has 0 saturated heterocycles. The molecule has 0 aliphatic rings. The van der Waals surface area contributed by atoms with Gasteiger partial charge < -0.3 is 10.5 Å². The predicted octanol–water partition coefficient (Wildman–Crippen LogP) is 1.99. The van der Waals surface area contributed by atoms with Crippen LogP contribution in [0.2, 0.25) is 5.02 Å². The molecule has 0 heterocycles. The third-order valence-corrected chi connectivity index (χ3v) is 3.59. The van der Waals surface area contributed by atoms with Gasteiger partial charge in [0.25, 0.3) is 0 Å². The van der Waals surface area contributed by atoms with Crippen LogP contribution >= 0.6 is 23.4 Å². The number of halogens is 1. The summed E-state index contributed by atoms with van der Waals surface area (Å²) in [5, 5.41) is 0.713. The van der Waals surface area contributed by atoms with Crippen molar-refractivity contribution >= 4 is 35.5 Å². The highest BCUT2D eigenvalue weighted by Crippen LogP contribution is 2.08. The summed E-state index contributed by atoms with van der Waals surface area (Å²) in [6.45, 7) is 0.682. The molecule has 0 aliphatic carbocycles. The van der Waals surface area contributed by atoms with Gasteiger partial charge in [0.15, 0.2) is 0 Å². The number of carbonyl (C=O) groups is 1. The molecule has 1 aromatic rings. The van der Waals surface area contributed by atoms with E-state index < -0.39 is 6.04 Å². The Morgan fingerprint density at radius 1 is 1.53 bits per heavy atom. The summed E-state index contributed by atoms with van der Waals surface area (Å²) in [5.74, 6) is 0.981. The maximum Gasteiger partial charge on any atom is 0.323 e. The fraction of sp³-hybridized carbons (Fsp3) is 0.385. The minimum Gasteiger partial charge on any atom is -0.468 e. The van der Waals surface area contributed by atoms with Gasteiger partial charge in [-0.3, -0.25) is 9.79 Å². The molecule has 2 N–H and O–H groups in total. The number of methoxy groups -OCH3 is 1. The molecule has 0 aliphatic heterocycles. The van der Waals surface area contributed by atoms with E-state index in [-0.39, 0.29) is 5.97 Å². The smallest absolute Gasteiger partial charge is 0.323 e. The maximum absolute atomic E-state index is 11.0. The van der Waals surface area contributed by atoms with Gasteiger partial charge in [0.05, 0.1) is 7.11 Å². The molecule has 104 valence electrons. The van der Waals surface area contributed by atoms with E-state index >= 15 is 0 Å². The SMILES string of the molecule is COC(=O)[C@@H](N)CSCCN=Cc1ccc(Cl)cc1. The first-order chi connectivity index (χ1) is 9.13. The van der Waals surface area contributed by atoms with Crippen molar-refractivity contribution in [2.75, 3.05) is 25.2 Å². The zero-order chi connectivity index (χ0) is 14.1. The molecule has 1 atom stereocenters. The zero-order valence-electron chi connectivity index (χ0n) is 10.7. The molecule has 4 nitrogen and oxygen atoms in total. The van der Waals surface area contributed by atoms with Crippen molar-refractivity contribution in [1.29, 1.82) is 0 Å². The molecule has 19 heavy (non-hydrogen) atoms. The van der Waals surface area contributed by atoms with Crippen molar-refractivity contribution < 1.29 is 9.53 Å². The Morgan fingerprint density at radius 2 is 2.21 bits per heavy atom. The van der Waals surface area contributed by atoms with Crippen LogP contribution in [-0.4, -0.2) is 43.4 Å². The number of ether oxygens (including phenoxy) is 1. The molecule has 1 rings (SSSR count). The topological polar surface area (TPSA) is 64.7 Å². The summed E-state index contributed by atoms with van der Waals surface area (Å²) in [6.07, 6.45) is 1.80. The minimum absolute atomic E-state index is 0.378. The lowest BCUT2D eigenvalue weighted by molar-refractivity contribution is -0.141. The zero-order valence-corrected chi connectivity index (χ0v) is 12.3. The Kier molecular flexibility index (Phi) is 7.55. The monoisotopic (exact) mass is 300 g/mol. The van der Waals surface area contributed by atoms with Crippen LogP contribution in [0, 0.1) is 0 Å². The van der Waals surface area contributed by atoms with Crippen LogP contribution in [0.4, 0.5) is 0 Å². The van der Waals surface area contributed by atoms with Gasteiger partial charge in [-0.1, -0.05) is 23.7 Å². The molecule has 0 spiro atoms. The Labute approximate surface area is 122 Å². The van der Waals surface area contributed by atoms with Crippen LogP contribution in [-0.2, 0) is 9.53 Å². The molecular weight excluding hydrogens is 284 g/mol. The van der Waals surface area contributed by atoms with E-state index in [0.29, 0.717) is 17.3 Å². The van der Waals surface area contributed by atoms with Crippen molar-refractivity contribution in [3.05, 3.63) is 34.9 Å². The van der Waals surface area contributed by atoms with Gasteiger partial charge in [-0.2, -0.15) is 11.8 Å². The number of hydrogen-bond acceptors (Lipinski definition) is 5. The van der Waals surface area contributed by atoms with Crippen LogP contribution in [0.15, 0.2) is 29.3 Å². The lowest BCUT2D eigenvalue weighted by atomic mass is 10.2. The molecule has 0 bridgehead atoms. The lowest BCUT2D eigenvalue weighted by Gasteiger charge is -2.07. The maximum atomic E-state index is 11.0. The summed E-state index contributed by atoms with van der Waals surface area (Å²) in [4.78, 5) is 15.3. The summed E-state index contributed by atoms with van der Waals surface area (Å²) >= 11 is 7.37. The van der Waals surface area contributed by atoms with E-state index in [1.165, 1.54) is 7.11 Å². The predicted molar refractivity (Wildman–Crippen MR) is 81.2 cm³/mol. The van der Waals surface area contributed by atoms with Gasteiger partial charge in [-0.05, 0) is 17.7 Å². The Morgan fingerprint density at radius 3 is 2.84 bits per heavy atom. The summed E-state index contributed by atoms with van der Waals surface area (Å²) in [5.41, 5.74) is 6.62. The second-order valence-corrected chi connectivity index (χ2v) is 5.38. The summed E-state index contributed by atoms with van der Waals surface area (Å²) < 4.78 is 4.54. The van der Waals surface area contributed by atoms with Crippen LogP contribution in [0.25, 0.3) is 0 Å². The molecule has 0 saturated carbocycles. The Hall–Kier alpha value is -1.04. The number of hydrogen-bond donors (Lipinski definition) is 1. The Bertz CT molecular complexity index is 423. The van der Waals surface area contributed by atoms with E-state index in [4.69, 9.17) is 17.3 Å². The number of esters is 1. The van der Waals surface area contributed by atoms with Crippen molar-refractivity contribution in [2.45, 2.75) is 6.04 Å². The number of benzene rings is 1. The van der Waals surface area contributed by atoms with Gasteiger partial charge in [-0.15, -0.1) is 0 Å². The number of thioether (sulfide) groups is 1. The third-order valence-electron chi connectivity index (χ3n) is 2.28. The van der Waals surface area contributed by atoms with E-state index in [9.17, 15) is 4.79 Å². The van der Waals surface area contributed by atoms with Crippen molar-refractivity contribution in [3.8, 4) is 0 Å². The van der Waals surface area contributed by atoms with Gasteiger partial charge in [0.1, 0.15) is 6.04 Å². The quantitative estimate of drug-likeness (QED) is 0.475. The van der Waals surface area contributed by atoms with Gasteiger partial charge in [0, 0.05) is 29.3 Å². The number of nitrogens with two attached hydrogens (primary N) is 1.